The maximum Gasteiger partial charge on any atom is 0.446 e. The van der Waals surface area contributed by atoms with Crippen LogP contribution in [0.5, 0.6) is 0 Å². The number of hydrogen-bond acceptors (Lipinski definition) is 4. The van der Waals surface area contributed by atoms with Gasteiger partial charge in [-0.2, -0.15) is 18.4 Å². The lowest BCUT2D eigenvalue weighted by Crippen LogP contribution is -2.10. The van der Waals surface area contributed by atoms with Gasteiger partial charge >= 0.3 is 11.5 Å². The molecule has 0 amide bonds. The molecule has 0 aliphatic heterocycles. The summed E-state index contributed by atoms with van der Waals surface area (Å²) in [5.74, 6) is -0.575. The molecule has 108 valence electrons. The van der Waals surface area contributed by atoms with Crippen LogP contribution in [0.15, 0.2) is 17.0 Å². The summed E-state index contributed by atoms with van der Waals surface area (Å²) < 4.78 is 42.2. The minimum absolute atomic E-state index is 0.0554. The van der Waals surface area contributed by atoms with E-state index in [9.17, 15) is 18.0 Å². The summed E-state index contributed by atoms with van der Waals surface area (Å²) in [5.41, 5.74) is -3.98. The van der Waals surface area contributed by atoms with Crippen molar-refractivity contribution < 1.29 is 22.7 Å². The highest BCUT2D eigenvalue weighted by atomic mass is 127. The Labute approximate surface area is 131 Å². The van der Waals surface area contributed by atoms with Gasteiger partial charge in [-0.15, -0.1) is 0 Å². The summed E-state index contributed by atoms with van der Waals surface area (Å²) in [7, 11) is 0. The number of nitrogens with zero attached hydrogens (tertiary/aromatic N) is 1. The van der Waals surface area contributed by atoms with E-state index in [0.29, 0.717) is 3.57 Å². The number of esters is 1. The molecule has 0 radical (unpaired) electrons. The van der Waals surface area contributed by atoms with Gasteiger partial charge in [-0.3, -0.25) is 4.79 Å². The number of alkyl halides is 3. The van der Waals surface area contributed by atoms with Gasteiger partial charge in [-0.1, -0.05) is 0 Å². The van der Waals surface area contributed by atoms with Crippen LogP contribution in [-0.4, -0.2) is 18.1 Å². The molecule has 1 aromatic rings. The first-order valence-electron chi connectivity index (χ1n) is 5.40. The quantitative estimate of drug-likeness (QED) is 0.426. The fourth-order valence-electron chi connectivity index (χ4n) is 1.46. The molecule has 0 fully saturated rings. The Morgan fingerprint density at radius 3 is 2.65 bits per heavy atom. The van der Waals surface area contributed by atoms with Gasteiger partial charge in [0.15, 0.2) is 0 Å². The van der Waals surface area contributed by atoms with Crippen LogP contribution in [0.1, 0.15) is 18.1 Å². The Morgan fingerprint density at radius 2 is 2.15 bits per heavy atom. The normalized spacial score (nSPS) is 11.0. The van der Waals surface area contributed by atoms with E-state index in [1.165, 1.54) is 12.1 Å². The molecule has 0 saturated carbocycles. The molecule has 0 aliphatic carbocycles. The third-order valence-electron chi connectivity index (χ3n) is 2.13. The van der Waals surface area contributed by atoms with Crippen LogP contribution >= 0.6 is 34.4 Å². The Morgan fingerprint density at radius 1 is 1.50 bits per heavy atom. The zero-order chi connectivity index (χ0) is 15.3. The Balaban J connectivity index is 3.13. The zero-order valence-corrected chi connectivity index (χ0v) is 13.2. The van der Waals surface area contributed by atoms with E-state index in [-0.39, 0.29) is 40.8 Å². The molecule has 3 nitrogen and oxygen atoms in total. The van der Waals surface area contributed by atoms with Crippen molar-refractivity contribution in [3.05, 3.63) is 26.8 Å². The van der Waals surface area contributed by atoms with Crippen LogP contribution in [0.25, 0.3) is 0 Å². The summed E-state index contributed by atoms with van der Waals surface area (Å²) in [6, 6.07) is 4.37. The standard InChI is InChI=1S/C12H9F3INO2S/c1-2-19-11(18)4-7-3-8(20-12(13,14)15)5-10(16)9(7)6-17/h3,5H,2,4H2,1H3. The number of ether oxygens (including phenoxy) is 1. The van der Waals surface area contributed by atoms with Crippen LogP contribution in [0, 0.1) is 14.9 Å². The van der Waals surface area contributed by atoms with Crippen molar-refractivity contribution in [2.45, 2.75) is 23.7 Å². The Kier molecular flexibility index (Phi) is 6.13. The summed E-state index contributed by atoms with van der Waals surface area (Å²) in [6.45, 7) is 1.80. The molecule has 0 bridgehead atoms. The first-order valence-corrected chi connectivity index (χ1v) is 7.30. The minimum atomic E-state index is -4.42. The number of benzene rings is 1. The van der Waals surface area contributed by atoms with E-state index in [4.69, 9.17) is 10.00 Å². The van der Waals surface area contributed by atoms with Gasteiger partial charge in [0.25, 0.3) is 0 Å². The number of halogens is 4. The molecule has 1 rings (SSSR count). The average Bonchev–Trinajstić information content (AvgIpc) is 2.26. The van der Waals surface area contributed by atoms with Crippen LogP contribution in [0.4, 0.5) is 13.2 Å². The molecule has 0 unspecified atom stereocenters. The van der Waals surface area contributed by atoms with Crippen molar-refractivity contribution >= 4 is 40.3 Å². The van der Waals surface area contributed by atoms with Gasteiger partial charge in [-0.05, 0) is 59.0 Å². The van der Waals surface area contributed by atoms with E-state index < -0.39 is 11.5 Å². The third-order valence-corrected chi connectivity index (χ3v) is 3.68. The second-order valence-electron chi connectivity index (χ2n) is 3.58. The fourth-order valence-corrected chi connectivity index (χ4v) is 3.12. The van der Waals surface area contributed by atoms with Crippen molar-refractivity contribution in [1.82, 2.24) is 0 Å². The van der Waals surface area contributed by atoms with Gasteiger partial charge in [0, 0.05) is 8.47 Å². The van der Waals surface area contributed by atoms with E-state index in [1.54, 1.807) is 29.5 Å². The molecular weight excluding hydrogens is 406 g/mol. The molecule has 0 aliphatic rings. The number of nitriles is 1. The molecule has 0 atom stereocenters. The number of rotatable bonds is 4. The lowest BCUT2D eigenvalue weighted by atomic mass is 10.1. The maximum absolute atomic E-state index is 12.4. The number of carbonyl (C=O) groups is 1. The second kappa shape index (κ2) is 7.17. The van der Waals surface area contributed by atoms with Gasteiger partial charge in [0.2, 0.25) is 0 Å². The van der Waals surface area contributed by atoms with E-state index in [2.05, 4.69) is 0 Å². The second-order valence-corrected chi connectivity index (χ2v) is 5.88. The minimum Gasteiger partial charge on any atom is -0.466 e. The van der Waals surface area contributed by atoms with Crippen molar-refractivity contribution in [2.24, 2.45) is 0 Å². The highest BCUT2D eigenvalue weighted by molar-refractivity contribution is 14.1. The van der Waals surface area contributed by atoms with Gasteiger partial charge in [0.1, 0.15) is 6.07 Å². The molecule has 1 aromatic carbocycles. The predicted molar refractivity (Wildman–Crippen MR) is 76.1 cm³/mol. The van der Waals surface area contributed by atoms with Crippen LogP contribution in [0.3, 0.4) is 0 Å². The van der Waals surface area contributed by atoms with Crippen LogP contribution in [0.2, 0.25) is 0 Å². The van der Waals surface area contributed by atoms with Crippen LogP contribution in [-0.2, 0) is 16.0 Å². The molecule has 0 spiro atoms. The summed E-state index contributed by atoms with van der Waals surface area (Å²) in [5, 5.41) is 9.03. The highest BCUT2D eigenvalue weighted by Gasteiger charge is 2.30. The lowest BCUT2D eigenvalue weighted by molar-refractivity contribution is -0.142. The molecule has 8 heteroatoms. The Hall–Kier alpha value is -0.950. The summed E-state index contributed by atoms with van der Waals surface area (Å²) in [6.07, 6.45) is -0.223. The zero-order valence-electron chi connectivity index (χ0n) is 10.3. The largest absolute Gasteiger partial charge is 0.466 e. The topological polar surface area (TPSA) is 50.1 Å². The first-order chi connectivity index (χ1) is 9.26. The summed E-state index contributed by atoms with van der Waals surface area (Å²) >= 11 is 1.50. The smallest absolute Gasteiger partial charge is 0.446 e. The predicted octanol–water partition coefficient (Wildman–Crippen LogP) is 3.88. The van der Waals surface area contributed by atoms with Crippen molar-refractivity contribution in [3.63, 3.8) is 0 Å². The van der Waals surface area contributed by atoms with Gasteiger partial charge in [0.05, 0.1) is 18.6 Å². The van der Waals surface area contributed by atoms with Gasteiger partial charge in [-0.25, -0.2) is 0 Å². The molecule has 20 heavy (non-hydrogen) atoms. The van der Waals surface area contributed by atoms with Gasteiger partial charge < -0.3 is 4.74 Å². The number of carbonyl (C=O) groups excluding carboxylic acids is 1. The molecular formula is C12H9F3INO2S. The number of hydrogen-bond donors (Lipinski definition) is 0. The van der Waals surface area contributed by atoms with Crippen molar-refractivity contribution in [1.29, 1.82) is 5.26 Å². The SMILES string of the molecule is CCOC(=O)Cc1cc(SC(F)(F)F)cc(I)c1C#N. The Bertz CT molecular complexity index is 555. The highest BCUT2D eigenvalue weighted by Crippen LogP contribution is 2.38. The van der Waals surface area contributed by atoms with E-state index in [1.807, 2.05) is 6.07 Å². The number of thioether (sulfide) groups is 1. The molecule has 0 N–H and O–H groups in total. The lowest BCUT2D eigenvalue weighted by Gasteiger charge is -2.10. The summed E-state index contributed by atoms with van der Waals surface area (Å²) in [4.78, 5) is 11.4. The van der Waals surface area contributed by atoms with Crippen LogP contribution < -0.4 is 0 Å². The molecule has 0 aromatic heterocycles. The van der Waals surface area contributed by atoms with Crippen molar-refractivity contribution in [3.8, 4) is 6.07 Å². The van der Waals surface area contributed by atoms with E-state index in [0.717, 1.165) is 0 Å². The average molecular weight is 415 g/mol. The molecule has 0 heterocycles. The fraction of sp³-hybridized carbons (Fsp3) is 0.333. The van der Waals surface area contributed by atoms with E-state index >= 15 is 0 Å². The maximum atomic E-state index is 12.4. The third kappa shape index (κ3) is 5.20. The monoisotopic (exact) mass is 415 g/mol. The van der Waals surface area contributed by atoms with Crippen molar-refractivity contribution in [2.75, 3.05) is 6.61 Å². The first kappa shape index (κ1) is 17.1. The molecule has 0 saturated heterocycles.